The third-order valence-electron chi connectivity index (χ3n) is 4.17. The molecule has 1 aliphatic heterocycles. The van der Waals surface area contributed by atoms with E-state index in [1.165, 1.54) is 13.1 Å². The molecule has 2 atom stereocenters. The van der Waals surface area contributed by atoms with Gasteiger partial charge >= 0.3 is 0 Å². The summed E-state index contributed by atoms with van der Waals surface area (Å²) >= 11 is 0. The summed E-state index contributed by atoms with van der Waals surface area (Å²) in [5.74, 6) is -0.819. The Morgan fingerprint density at radius 1 is 1.38 bits per heavy atom. The van der Waals surface area contributed by atoms with E-state index in [9.17, 15) is 14.0 Å². The fraction of sp³-hybridized carbons (Fsp3) is 0.529. The topological polar surface area (TPSA) is 61.4 Å². The molecule has 1 heterocycles. The zero-order valence-corrected chi connectivity index (χ0v) is 14.9. The number of carbonyl (C=O) groups is 2. The number of carbonyl (C=O) groups excluding carboxylic acids is 2. The Morgan fingerprint density at radius 2 is 2.08 bits per heavy atom. The van der Waals surface area contributed by atoms with Crippen LogP contribution in [-0.4, -0.2) is 42.9 Å². The van der Waals surface area contributed by atoms with Gasteiger partial charge in [0.25, 0.3) is 0 Å². The number of halogens is 2. The zero-order chi connectivity index (χ0) is 16.8. The minimum absolute atomic E-state index is 0. The third-order valence-corrected chi connectivity index (χ3v) is 4.17. The van der Waals surface area contributed by atoms with Crippen LogP contribution in [0.3, 0.4) is 0 Å². The molecule has 0 saturated carbocycles. The van der Waals surface area contributed by atoms with Crippen molar-refractivity contribution in [3.8, 4) is 0 Å². The highest BCUT2D eigenvalue weighted by Crippen LogP contribution is 2.31. The van der Waals surface area contributed by atoms with E-state index in [2.05, 4.69) is 10.6 Å². The third kappa shape index (κ3) is 4.45. The summed E-state index contributed by atoms with van der Waals surface area (Å²) in [5, 5.41) is 5.47. The Morgan fingerprint density at radius 3 is 2.71 bits per heavy atom. The summed E-state index contributed by atoms with van der Waals surface area (Å²) in [5.41, 5.74) is 0.307. The molecular formula is C17H25ClFN3O2. The van der Waals surface area contributed by atoms with E-state index in [0.717, 1.165) is 12.8 Å². The van der Waals surface area contributed by atoms with Crippen molar-refractivity contribution in [1.82, 2.24) is 15.5 Å². The summed E-state index contributed by atoms with van der Waals surface area (Å²) in [6.45, 7) is 3.18. The minimum Gasteiger partial charge on any atom is -0.358 e. The first kappa shape index (κ1) is 20.4. The molecule has 1 aliphatic rings. The van der Waals surface area contributed by atoms with Crippen LogP contribution in [0, 0.1) is 5.82 Å². The van der Waals surface area contributed by atoms with Crippen LogP contribution < -0.4 is 10.6 Å². The van der Waals surface area contributed by atoms with E-state index in [1.54, 1.807) is 18.2 Å². The quantitative estimate of drug-likeness (QED) is 0.819. The van der Waals surface area contributed by atoms with E-state index < -0.39 is 17.9 Å². The molecule has 5 nitrogen and oxygen atoms in total. The van der Waals surface area contributed by atoms with Crippen LogP contribution in [0.5, 0.6) is 0 Å². The maximum absolute atomic E-state index is 14.2. The van der Waals surface area contributed by atoms with Crippen LogP contribution in [0.25, 0.3) is 0 Å². The van der Waals surface area contributed by atoms with Crippen molar-refractivity contribution in [1.29, 1.82) is 0 Å². The maximum Gasteiger partial charge on any atom is 0.241 e. The highest BCUT2D eigenvalue weighted by molar-refractivity contribution is 5.86. The fourth-order valence-electron chi connectivity index (χ4n) is 3.05. The SMILES string of the molecule is CCCNC(=O)[C@@H]1CCCN1[C@@H](C(=O)NC)c1ccccc1F.Cl. The van der Waals surface area contributed by atoms with Crippen molar-refractivity contribution in [2.24, 2.45) is 0 Å². The Hall–Kier alpha value is -1.66. The van der Waals surface area contributed by atoms with Gasteiger partial charge in [-0.05, 0) is 25.3 Å². The van der Waals surface area contributed by atoms with Gasteiger partial charge in [-0.1, -0.05) is 25.1 Å². The monoisotopic (exact) mass is 357 g/mol. The van der Waals surface area contributed by atoms with Gasteiger partial charge in [-0.15, -0.1) is 12.4 Å². The van der Waals surface area contributed by atoms with Gasteiger partial charge in [0.15, 0.2) is 0 Å². The lowest BCUT2D eigenvalue weighted by Crippen LogP contribution is -2.48. The largest absolute Gasteiger partial charge is 0.358 e. The molecule has 1 aromatic rings. The number of nitrogens with zero attached hydrogens (tertiary/aromatic N) is 1. The maximum atomic E-state index is 14.2. The van der Waals surface area contributed by atoms with Gasteiger partial charge in [0.1, 0.15) is 11.9 Å². The Labute approximate surface area is 148 Å². The lowest BCUT2D eigenvalue weighted by atomic mass is 10.0. The molecule has 0 bridgehead atoms. The predicted molar refractivity (Wildman–Crippen MR) is 93.5 cm³/mol. The normalized spacial score (nSPS) is 18.5. The van der Waals surface area contributed by atoms with E-state index in [-0.39, 0.29) is 24.2 Å². The zero-order valence-electron chi connectivity index (χ0n) is 14.0. The second kappa shape index (κ2) is 9.59. The summed E-state index contributed by atoms with van der Waals surface area (Å²) in [4.78, 5) is 26.6. The van der Waals surface area contributed by atoms with Crippen LogP contribution in [0.4, 0.5) is 4.39 Å². The van der Waals surface area contributed by atoms with Gasteiger partial charge in [-0.25, -0.2) is 4.39 Å². The molecule has 24 heavy (non-hydrogen) atoms. The molecule has 0 aromatic heterocycles. The van der Waals surface area contributed by atoms with Crippen LogP contribution in [0.1, 0.15) is 37.8 Å². The first-order valence-corrected chi connectivity index (χ1v) is 8.09. The van der Waals surface area contributed by atoms with Gasteiger partial charge in [0.05, 0.1) is 6.04 Å². The van der Waals surface area contributed by atoms with Crippen LogP contribution >= 0.6 is 12.4 Å². The summed E-state index contributed by atoms with van der Waals surface area (Å²) in [6.07, 6.45) is 2.34. The number of hydrogen-bond donors (Lipinski definition) is 2. The van der Waals surface area contributed by atoms with E-state index >= 15 is 0 Å². The highest BCUT2D eigenvalue weighted by atomic mass is 35.5. The van der Waals surface area contributed by atoms with Crippen molar-refractivity contribution in [2.45, 2.75) is 38.3 Å². The van der Waals surface area contributed by atoms with Crippen LogP contribution in [-0.2, 0) is 9.59 Å². The average molecular weight is 358 g/mol. The number of hydrogen-bond acceptors (Lipinski definition) is 3. The number of benzene rings is 1. The van der Waals surface area contributed by atoms with Gasteiger partial charge in [-0.3, -0.25) is 14.5 Å². The number of amides is 2. The van der Waals surface area contributed by atoms with Gasteiger partial charge < -0.3 is 10.6 Å². The Kier molecular flexibility index (Phi) is 8.15. The molecule has 134 valence electrons. The molecule has 0 aliphatic carbocycles. The molecule has 1 fully saturated rings. The number of nitrogens with one attached hydrogen (secondary N) is 2. The second-order valence-electron chi connectivity index (χ2n) is 5.73. The first-order chi connectivity index (χ1) is 11.1. The van der Waals surface area contributed by atoms with Gasteiger partial charge in [0, 0.05) is 25.7 Å². The second-order valence-corrected chi connectivity index (χ2v) is 5.73. The smallest absolute Gasteiger partial charge is 0.241 e. The lowest BCUT2D eigenvalue weighted by molar-refractivity contribution is -0.131. The summed E-state index contributed by atoms with van der Waals surface area (Å²) < 4.78 is 14.2. The fourth-order valence-corrected chi connectivity index (χ4v) is 3.05. The number of likely N-dealkylation sites (N-methyl/N-ethyl adjacent to an activating group) is 1. The van der Waals surface area contributed by atoms with Crippen molar-refractivity contribution in [3.05, 3.63) is 35.6 Å². The number of likely N-dealkylation sites (tertiary alicyclic amines) is 1. The van der Waals surface area contributed by atoms with E-state index in [1.807, 2.05) is 11.8 Å². The Balaban J connectivity index is 0.00000288. The molecule has 1 aromatic carbocycles. The van der Waals surface area contributed by atoms with Crippen molar-refractivity contribution < 1.29 is 14.0 Å². The predicted octanol–water partition coefficient (Wildman–Crippen LogP) is 2.03. The minimum atomic E-state index is -0.791. The Bertz CT molecular complexity index is 571. The van der Waals surface area contributed by atoms with Crippen molar-refractivity contribution in [3.63, 3.8) is 0 Å². The van der Waals surface area contributed by atoms with Crippen molar-refractivity contribution >= 4 is 24.2 Å². The molecule has 0 unspecified atom stereocenters. The first-order valence-electron chi connectivity index (χ1n) is 8.09. The van der Waals surface area contributed by atoms with Crippen LogP contribution in [0.15, 0.2) is 24.3 Å². The average Bonchev–Trinajstić information content (AvgIpc) is 3.03. The summed E-state index contributed by atoms with van der Waals surface area (Å²) in [7, 11) is 1.53. The molecule has 7 heteroatoms. The van der Waals surface area contributed by atoms with Gasteiger partial charge in [-0.2, -0.15) is 0 Å². The molecule has 2 rings (SSSR count). The lowest BCUT2D eigenvalue weighted by Gasteiger charge is -2.31. The molecule has 1 saturated heterocycles. The molecule has 2 amide bonds. The standard InChI is InChI=1S/C17H24FN3O2.ClH/c1-3-10-20-16(22)14-9-6-11-21(14)15(17(23)19-2)12-7-4-5-8-13(12)18;/h4-5,7-8,14-15H,3,6,9-11H2,1-2H3,(H,19,23)(H,20,22);1H/t14-,15+;/m0./s1. The highest BCUT2D eigenvalue weighted by Gasteiger charge is 2.39. The van der Waals surface area contributed by atoms with Crippen molar-refractivity contribution in [2.75, 3.05) is 20.1 Å². The summed E-state index contributed by atoms with van der Waals surface area (Å²) in [6, 6.07) is 5.05. The number of rotatable bonds is 6. The van der Waals surface area contributed by atoms with Crippen LogP contribution in [0.2, 0.25) is 0 Å². The molecule has 0 radical (unpaired) electrons. The van der Waals surface area contributed by atoms with Gasteiger partial charge in [0.2, 0.25) is 11.8 Å². The molecule has 2 N–H and O–H groups in total. The van der Waals surface area contributed by atoms with E-state index in [0.29, 0.717) is 25.1 Å². The van der Waals surface area contributed by atoms with E-state index in [4.69, 9.17) is 0 Å². The molecule has 0 spiro atoms. The molecular weight excluding hydrogens is 333 g/mol.